The second-order valence-corrected chi connectivity index (χ2v) is 8.41. The van der Waals surface area contributed by atoms with Crippen LogP contribution in [0.4, 0.5) is 13.6 Å². The van der Waals surface area contributed by atoms with Crippen molar-refractivity contribution < 1.29 is 31.7 Å². The van der Waals surface area contributed by atoms with Gasteiger partial charge in [0.1, 0.15) is 11.6 Å². The van der Waals surface area contributed by atoms with Crippen molar-refractivity contribution in [3.8, 4) is 0 Å². The average Bonchev–Trinajstić information content (AvgIpc) is 2.62. The van der Waals surface area contributed by atoms with Gasteiger partial charge in [-0.1, -0.05) is 19.4 Å². The molecule has 1 aliphatic heterocycles. The van der Waals surface area contributed by atoms with Gasteiger partial charge < -0.3 is 10.2 Å². The minimum Gasteiger partial charge on any atom is -0.338 e. The van der Waals surface area contributed by atoms with Crippen LogP contribution in [0.3, 0.4) is 0 Å². The van der Waals surface area contributed by atoms with Gasteiger partial charge in [0.2, 0.25) is 10.0 Å². The second-order valence-electron chi connectivity index (χ2n) is 6.54. The van der Waals surface area contributed by atoms with Gasteiger partial charge >= 0.3 is 6.03 Å². The molecule has 3 amide bonds. The average molecular weight is 419 g/mol. The summed E-state index contributed by atoms with van der Waals surface area (Å²) in [5.41, 5.74) is 0. The number of quaternary nitrogens is 1. The Bertz CT molecular complexity index is 791. The molecular formula is C17H25F2N4O4S+. The lowest BCUT2D eigenvalue weighted by Gasteiger charge is -2.31. The minimum atomic E-state index is -4.30. The predicted octanol–water partition coefficient (Wildman–Crippen LogP) is -0.520. The van der Waals surface area contributed by atoms with Crippen molar-refractivity contribution in [1.29, 1.82) is 0 Å². The van der Waals surface area contributed by atoms with Gasteiger partial charge in [-0.15, -0.1) is 0 Å². The first-order chi connectivity index (χ1) is 13.3. The summed E-state index contributed by atoms with van der Waals surface area (Å²) in [4.78, 5) is 23.3. The number of imide groups is 1. The number of benzene rings is 1. The Morgan fingerprint density at radius 2 is 1.79 bits per heavy atom. The molecule has 1 saturated heterocycles. The number of halogens is 2. The van der Waals surface area contributed by atoms with Crippen molar-refractivity contribution >= 4 is 22.0 Å². The van der Waals surface area contributed by atoms with E-state index in [-0.39, 0.29) is 32.7 Å². The smallest absolute Gasteiger partial charge is 0.321 e. The van der Waals surface area contributed by atoms with Gasteiger partial charge in [-0.05, 0) is 18.6 Å². The van der Waals surface area contributed by atoms with Crippen molar-refractivity contribution in [2.75, 3.05) is 39.3 Å². The third kappa shape index (κ3) is 5.69. The first-order valence-corrected chi connectivity index (χ1v) is 10.5. The summed E-state index contributed by atoms with van der Waals surface area (Å²) in [5.74, 6) is -2.74. The molecule has 11 heteroatoms. The number of amides is 3. The summed E-state index contributed by atoms with van der Waals surface area (Å²) in [7, 11) is -4.30. The minimum absolute atomic E-state index is 0.00312. The molecule has 1 aromatic rings. The molecule has 0 atom stereocenters. The molecule has 156 valence electrons. The van der Waals surface area contributed by atoms with Crippen LogP contribution in [-0.4, -0.2) is 63.9 Å². The van der Waals surface area contributed by atoms with E-state index in [2.05, 4.69) is 10.6 Å². The van der Waals surface area contributed by atoms with Crippen molar-refractivity contribution in [3.05, 3.63) is 29.8 Å². The van der Waals surface area contributed by atoms with E-state index < -0.39 is 38.5 Å². The molecule has 1 fully saturated rings. The van der Waals surface area contributed by atoms with Gasteiger partial charge in [-0.3, -0.25) is 10.1 Å². The van der Waals surface area contributed by atoms with E-state index in [1.807, 2.05) is 6.92 Å². The fourth-order valence-electron chi connectivity index (χ4n) is 2.90. The zero-order chi connectivity index (χ0) is 20.7. The monoisotopic (exact) mass is 419 g/mol. The molecule has 0 saturated carbocycles. The summed E-state index contributed by atoms with van der Waals surface area (Å²) in [5, 5.41) is 4.80. The quantitative estimate of drug-likeness (QED) is 0.518. The van der Waals surface area contributed by atoms with Gasteiger partial charge in [0.05, 0.1) is 26.2 Å². The van der Waals surface area contributed by atoms with Crippen LogP contribution in [0.1, 0.15) is 19.8 Å². The van der Waals surface area contributed by atoms with E-state index in [4.69, 9.17) is 0 Å². The van der Waals surface area contributed by atoms with Gasteiger partial charge in [0.25, 0.3) is 5.91 Å². The number of carbonyl (C=O) groups is 2. The van der Waals surface area contributed by atoms with Crippen LogP contribution in [0.25, 0.3) is 0 Å². The van der Waals surface area contributed by atoms with E-state index in [0.717, 1.165) is 40.2 Å². The molecule has 28 heavy (non-hydrogen) atoms. The number of hydrogen-bond donors (Lipinski definition) is 3. The Hall–Kier alpha value is -2.11. The Balaban J connectivity index is 1.87. The summed E-state index contributed by atoms with van der Waals surface area (Å²) in [6.45, 7) is 3.05. The number of sulfonamides is 1. The topological polar surface area (TPSA) is 100 Å². The summed E-state index contributed by atoms with van der Waals surface area (Å²) >= 11 is 0. The van der Waals surface area contributed by atoms with E-state index in [9.17, 15) is 26.8 Å². The van der Waals surface area contributed by atoms with Crippen LogP contribution in [0.5, 0.6) is 0 Å². The number of nitrogens with zero attached hydrogens (tertiary/aromatic N) is 1. The Labute approximate surface area is 162 Å². The van der Waals surface area contributed by atoms with Crippen LogP contribution in [-0.2, 0) is 14.8 Å². The molecule has 0 aliphatic carbocycles. The van der Waals surface area contributed by atoms with Crippen LogP contribution in [0.2, 0.25) is 0 Å². The van der Waals surface area contributed by atoms with Gasteiger partial charge in [-0.2, -0.15) is 4.31 Å². The largest absolute Gasteiger partial charge is 0.338 e. The maximum absolute atomic E-state index is 13.8. The lowest BCUT2D eigenvalue weighted by molar-refractivity contribution is -0.895. The van der Waals surface area contributed by atoms with Crippen molar-refractivity contribution in [2.24, 2.45) is 0 Å². The highest BCUT2D eigenvalue weighted by atomic mass is 32.2. The lowest BCUT2D eigenvalue weighted by atomic mass is 10.3. The standard InChI is InChI=1S/C17H24F2N4O4S/c1-2-3-7-20-17(25)21-15(24)12-22-8-10-23(11-9-22)28(26,27)16-13(18)5-4-6-14(16)19/h4-6H,2-3,7-12H2,1H3,(H2,20,21,24,25)/p+1. The summed E-state index contributed by atoms with van der Waals surface area (Å²) < 4.78 is 53.8. The van der Waals surface area contributed by atoms with Crippen LogP contribution in [0, 0.1) is 11.6 Å². The zero-order valence-electron chi connectivity index (χ0n) is 15.6. The highest BCUT2D eigenvalue weighted by Gasteiger charge is 2.34. The lowest BCUT2D eigenvalue weighted by Crippen LogP contribution is -3.15. The fourth-order valence-corrected chi connectivity index (χ4v) is 4.45. The second kappa shape index (κ2) is 9.89. The Morgan fingerprint density at radius 1 is 1.18 bits per heavy atom. The molecule has 0 unspecified atom stereocenters. The number of piperazine rings is 1. The Kier molecular flexibility index (Phi) is 7.84. The molecule has 0 radical (unpaired) electrons. The third-order valence-electron chi connectivity index (χ3n) is 4.43. The first-order valence-electron chi connectivity index (χ1n) is 9.11. The molecule has 1 aromatic carbocycles. The van der Waals surface area contributed by atoms with Gasteiger partial charge in [-0.25, -0.2) is 22.0 Å². The molecule has 8 nitrogen and oxygen atoms in total. The van der Waals surface area contributed by atoms with Crippen molar-refractivity contribution in [2.45, 2.75) is 24.7 Å². The molecule has 2 rings (SSSR count). The SMILES string of the molecule is CCCCNC(=O)NC(=O)C[NH+]1CCN(S(=O)(=O)c2c(F)cccc2F)CC1. The molecule has 0 spiro atoms. The van der Waals surface area contributed by atoms with E-state index in [0.29, 0.717) is 6.54 Å². The zero-order valence-corrected chi connectivity index (χ0v) is 16.4. The van der Waals surface area contributed by atoms with Crippen LogP contribution in [0.15, 0.2) is 23.1 Å². The molecule has 3 N–H and O–H groups in total. The number of carbonyl (C=O) groups excluding carboxylic acids is 2. The highest BCUT2D eigenvalue weighted by molar-refractivity contribution is 7.89. The van der Waals surface area contributed by atoms with Crippen LogP contribution < -0.4 is 15.5 Å². The van der Waals surface area contributed by atoms with E-state index >= 15 is 0 Å². The predicted molar refractivity (Wildman–Crippen MR) is 97.1 cm³/mol. The molecule has 0 bridgehead atoms. The molecule has 0 aromatic heterocycles. The summed E-state index contributed by atoms with van der Waals surface area (Å²) in [6.07, 6.45) is 1.73. The Morgan fingerprint density at radius 3 is 2.36 bits per heavy atom. The number of unbranched alkanes of at least 4 members (excludes halogenated alkanes) is 1. The number of nitrogens with one attached hydrogen (secondary N) is 3. The molecule has 1 aliphatic rings. The van der Waals surface area contributed by atoms with Crippen molar-refractivity contribution in [3.63, 3.8) is 0 Å². The third-order valence-corrected chi connectivity index (χ3v) is 6.38. The number of urea groups is 1. The first kappa shape index (κ1) is 22.2. The van der Waals surface area contributed by atoms with Gasteiger partial charge in [0.15, 0.2) is 11.4 Å². The number of hydrogen-bond acceptors (Lipinski definition) is 4. The maximum atomic E-state index is 13.8. The fraction of sp³-hybridized carbons (Fsp3) is 0.529. The van der Waals surface area contributed by atoms with Gasteiger partial charge in [0, 0.05) is 6.54 Å². The summed E-state index contributed by atoms with van der Waals surface area (Å²) in [6, 6.07) is 2.33. The normalized spacial score (nSPS) is 16.0. The molecule has 1 heterocycles. The highest BCUT2D eigenvalue weighted by Crippen LogP contribution is 2.22. The maximum Gasteiger partial charge on any atom is 0.321 e. The van der Waals surface area contributed by atoms with Crippen molar-refractivity contribution in [1.82, 2.24) is 14.9 Å². The molecular weight excluding hydrogens is 394 g/mol. The van der Waals surface area contributed by atoms with E-state index in [1.165, 1.54) is 0 Å². The van der Waals surface area contributed by atoms with Crippen LogP contribution >= 0.6 is 0 Å². The van der Waals surface area contributed by atoms with E-state index in [1.54, 1.807) is 0 Å². The number of rotatable bonds is 7.